The lowest BCUT2D eigenvalue weighted by Gasteiger charge is -2.14. The van der Waals surface area contributed by atoms with Crippen LogP contribution in [0.2, 0.25) is 0 Å². The molecule has 18 heavy (non-hydrogen) atoms. The van der Waals surface area contributed by atoms with Gasteiger partial charge in [-0.1, -0.05) is 15.9 Å². The predicted molar refractivity (Wildman–Crippen MR) is 71.6 cm³/mol. The third-order valence-corrected chi connectivity index (χ3v) is 2.62. The van der Waals surface area contributed by atoms with Gasteiger partial charge in [-0.25, -0.2) is 0 Å². The highest BCUT2D eigenvalue weighted by atomic mass is 79.9. The van der Waals surface area contributed by atoms with Crippen molar-refractivity contribution < 1.29 is 14.5 Å². The molecule has 0 fully saturated rings. The van der Waals surface area contributed by atoms with Crippen molar-refractivity contribution >= 4 is 27.4 Å². The van der Waals surface area contributed by atoms with E-state index in [4.69, 9.17) is 4.74 Å². The topological polar surface area (TPSA) is 69.4 Å². The summed E-state index contributed by atoms with van der Waals surface area (Å²) in [6, 6.07) is 4.23. The first-order chi connectivity index (χ1) is 8.27. The summed E-state index contributed by atoms with van der Waals surface area (Å²) in [5, 5.41) is 10.9. The van der Waals surface area contributed by atoms with E-state index in [1.165, 1.54) is 18.2 Å². The molecule has 0 radical (unpaired) electrons. The fraction of sp³-hybridized carbons (Fsp3) is 0.417. The molecule has 0 aliphatic heterocycles. The Morgan fingerprint density at radius 1 is 1.50 bits per heavy atom. The standard InChI is InChI=1S/C12H14BrNO4/c1-4-18-10-6-5-8(7-9(10)14(16)17)11(15)12(2,3)13/h5-7H,4H2,1-3H3. The molecule has 0 N–H and O–H groups in total. The Hall–Kier alpha value is -1.43. The monoisotopic (exact) mass is 315 g/mol. The van der Waals surface area contributed by atoms with Crippen LogP contribution in [0.25, 0.3) is 0 Å². The number of alkyl halides is 1. The Morgan fingerprint density at radius 2 is 2.11 bits per heavy atom. The number of Topliss-reactive ketones (excluding diaryl/α,β-unsaturated/α-hetero) is 1. The lowest BCUT2D eigenvalue weighted by molar-refractivity contribution is -0.385. The van der Waals surface area contributed by atoms with Crippen LogP contribution in [0.5, 0.6) is 5.75 Å². The summed E-state index contributed by atoms with van der Waals surface area (Å²) in [6.45, 7) is 5.46. The van der Waals surface area contributed by atoms with Crippen LogP contribution in [0.4, 0.5) is 5.69 Å². The lowest BCUT2D eigenvalue weighted by Crippen LogP contribution is -2.24. The van der Waals surface area contributed by atoms with Gasteiger partial charge < -0.3 is 4.74 Å². The van der Waals surface area contributed by atoms with Crippen molar-refractivity contribution in [3.05, 3.63) is 33.9 Å². The molecular formula is C12H14BrNO4. The van der Waals surface area contributed by atoms with Crippen molar-refractivity contribution in [2.24, 2.45) is 0 Å². The first-order valence-corrected chi connectivity index (χ1v) is 6.21. The Morgan fingerprint density at radius 3 is 2.56 bits per heavy atom. The van der Waals surface area contributed by atoms with E-state index >= 15 is 0 Å². The quantitative estimate of drug-likeness (QED) is 0.361. The van der Waals surface area contributed by atoms with Gasteiger partial charge in [0.1, 0.15) is 0 Å². The summed E-state index contributed by atoms with van der Waals surface area (Å²) in [5.74, 6) is -0.0416. The van der Waals surface area contributed by atoms with Crippen molar-refractivity contribution in [2.75, 3.05) is 6.61 Å². The Labute approximate surface area is 113 Å². The summed E-state index contributed by atoms with van der Waals surface area (Å²) < 4.78 is 4.40. The van der Waals surface area contributed by atoms with Crippen molar-refractivity contribution in [1.82, 2.24) is 0 Å². The molecule has 1 aromatic carbocycles. The van der Waals surface area contributed by atoms with E-state index in [-0.39, 0.29) is 22.8 Å². The van der Waals surface area contributed by atoms with Crippen LogP contribution >= 0.6 is 15.9 Å². The highest BCUT2D eigenvalue weighted by molar-refractivity contribution is 9.10. The van der Waals surface area contributed by atoms with Gasteiger partial charge in [0.25, 0.3) is 0 Å². The molecule has 1 rings (SSSR count). The summed E-state index contributed by atoms with van der Waals surface area (Å²) in [5.41, 5.74) is 0.0893. The number of nitro benzene ring substituents is 1. The number of hydrogen-bond donors (Lipinski definition) is 0. The van der Waals surface area contributed by atoms with E-state index in [2.05, 4.69) is 15.9 Å². The number of ketones is 1. The smallest absolute Gasteiger partial charge is 0.311 e. The van der Waals surface area contributed by atoms with Gasteiger partial charge in [0.2, 0.25) is 0 Å². The van der Waals surface area contributed by atoms with Gasteiger partial charge in [-0.2, -0.15) is 0 Å². The van der Waals surface area contributed by atoms with Gasteiger partial charge in [-0.05, 0) is 32.9 Å². The molecule has 0 saturated heterocycles. The van der Waals surface area contributed by atoms with Crippen LogP contribution in [-0.2, 0) is 0 Å². The molecule has 0 bridgehead atoms. The van der Waals surface area contributed by atoms with Crippen molar-refractivity contribution in [3.8, 4) is 5.75 Å². The maximum Gasteiger partial charge on any atom is 0.311 e. The largest absolute Gasteiger partial charge is 0.487 e. The van der Waals surface area contributed by atoms with E-state index in [0.717, 1.165) is 0 Å². The third-order valence-electron chi connectivity index (χ3n) is 2.26. The van der Waals surface area contributed by atoms with E-state index in [1.807, 2.05) is 0 Å². The van der Waals surface area contributed by atoms with Gasteiger partial charge in [0, 0.05) is 11.6 Å². The summed E-state index contributed by atoms with van der Waals surface area (Å²) in [6.07, 6.45) is 0. The van der Waals surface area contributed by atoms with Gasteiger partial charge in [-0.3, -0.25) is 14.9 Å². The van der Waals surface area contributed by atoms with E-state index in [9.17, 15) is 14.9 Å². The molecule has 0 saturated carbocycles. The predicted octanol–water partition coefficient (Wildman–Crippen LogP) is 3.35. The van der Waals surface area contributed by atoms with Gasteiger partial charge in [0.15, 0.2) is 11.5 Å². The maximum absolute atomic E-state index is 12.0. The zero-order chi connectivity index (χ0) is 13.9. The van der Waals surface area contributed by atoms with Crippen LogP contribution in [0, 0.1) is 10.1 Å². The Balaban J connectivity index is 3.23. The molecule has 98 valence electrons. The zero-order valence-corrected chi connectivity index (χ0v) is 12.0. The molecule has 0 atom stereocenters. The van der Waals surface area contributed by atoms with Crippen LogP contribution in [0.15, 0.2) is 18.2 Å². The molecule has 0 unspecified atom stereocenters. The van der Waals surface area contributed by atoms with Crippen molar-refractivity contribution in [3.63, 3.8) is 0 Å². The number of carbonyl (C=O) groups excluding carboxylic acids is 1. The average molecular weight is 316 g/mol. The number of benzene rings is 1. The lowest BCUT2D eigenvalue weighted by atomic mass is 10.0. The Bertz CT molecular complexity index is 479. The molecule has 5 nitrogen and oxygen atoms in total. The van der Waals surface area contributed by atoms with Crippen LogP contribution in [0.3, 0.4) is 0 Å². The van der Waals surface area contributed by atoms with Gasteiger partial charge in [-0.15, -0.1) is 0 Å². The van der Waals surface area contributed by atoms with E-state index in [1.54, 1.807) is 20.8 Å². The third kappa shape index (κ3) is 3.29. The summed E-state index contributed by atoms with van der Waals surface area (Å²) in [7, 11) is 0. The minimum absolute atomic E-state index is 0.173. The van der Waals surface area contributed by atoms with Crippen molar-refractivity contribution in [2.45, 2.75) is 25.1 Å². The number of nitro groups is 1. The Kier molecular flexibility index (Phi) is 4.45. The van der Waals surface area contributed by atoms with Crippen LogP contribution in [0.1, 0.15) is 31.1 Å². The first-order valence-electron chi connectivity index (χ1n) is 5.42. The molecule has 0 spiro atoms. The summed E-state index contributed by atoms with van der Waals surface area (Å²) >= 11 is 3.24. The molecule has 6 heteroatoms. The fourth-order valence-electron chi connectivity index (χ4n) is 1.42. The number of halogens is 1. The number of rotatable bonds is 5. The van der Waals surface area contributed by atoms with Crippen LogP contribution < -0.4 is 4.74 Å². The molecule has 0 heterocycles. The molecule has 0 aliphatic carbocycles. The van der Waals surface area contributed by atoms with Crippen molar-refractivity contribution in [1.29, 1.82) is 0 Å². The maximum atomic E-state index is 12.0. The average Bonchev–Trinajstić information content (AvgIpc) is 2.27. The summed E-state index contributed by atoms with van der Waals surface area (Å²) in [4.78, 5) is 22.4. The molecular weight excluding hydrogens is 302 g/mol. The minimum atomic E-state index is -0.756. The van der Waals surface area contributed by atoms with E-state index in [0.29, 0.717) is 6.61 Å². The second-order valence-electron chi connectivity index (χ2n) is 4.17. The molecule has 1 aromatic rings. The fourth-order valence-corrected chi connectivity index (χ4v) is 1.65. The molecule has 0 aliphatic rings. The van der Waals surface area contributed by atoms with Gasteiger partial charge >= 0.3 is 5.69 Å². The SMILES string of the molecule is CCOc1ccc(C(=O)C(C)(C)Br)cc1[N+](=O)[O-]. The second kappa shape index (κ2) is 5.48. The molecule has 0 amide bonds. The van der Waals surface area contributed by atoms with Crippen LogP contribution in [-0.4, -0.2) is 21.6 Å². The normalized spacial score (nSPS) is 11.1. The highest BCUT2D eigenvalue weighted by Crippen LogP contribution is 2.30. The van der Waals surface area contributed by atoms with E-state index < -0.39 is 9.25 Å². The number of hydrogen-bond acceptors (Lipinski definition) is 4. The second-order valence-corrected chi connectivity index (χ2v) is 6.16. The first kappa shape index (κ1) is 14.6. The number of ether oxygens (including phenoxy) is 1. The number of carbonyl (C=O) groups is 1. The highest BCUT2D eigenvalue weighted by Gasteiger charge is 2.27. The van der Waals surface area contributed by atoms with Gasteiger partial charge in [0.05, 0.1) is 15.9 Å². The zero-order valence-electron chi connectivity index (χ0n) is 10.4. The number of nitrogens with zero attached hydrogens (tertiary/aromatic N) is 1. The molecule has 0 aromatic heterocycles. The minimum Gasteiger partial charge on any atom is -0.487 e.